The van der Waals surface area contributed by atoms with Gasteiger partial charge in [0.2, 0.25) is 0 Å². The SMILES string of the molecule is O=C(O)c1cc(Cl)cc(NC(=O)c2cccc(F)c2)c1. The molecule has 0 aliphatic carbocycles. The Kier molecular flexibility index (Phi) is 4.00. The van der Waals surface area contributed by atoms with Gasteiger partial charge in [-0.25, -0.2) is 9.18 Å². The zero-order valence-corrected chi connectivity index (χ0v) is 10.8. The Morgan fingerprint density at radius 3 is 2.50 bits per heavy atom. The summed E-state index contributed by atoms with van der Waals surface area (Å²) in [5, 5.41) is 11.5. The van der Waals surface area contributed by atoms with Gasteiger partial charge < -0.3 is 10.4 Å². The summed E-state index contributed by atoms with van der Waals surface area (Å²) in [7, 11) is 0. The van der Waals surface area contributed by atoms with E-state index in [4.69, 9.17) is 16.7 Å². The van der Waals surface area contributed by atoms with Gasteiger partial charge in [0, 0.05) is 16.3 Å². The molecule has 0 saturated heterocycles. The zero-order chi connectivity index (χ0) is 14.7. The first-order valence-electron chi connectivity index (χ1n) is 5.56. The number of carboxylic acids is 1. The predicted molar refractivity (Wildman–Crippen MR) is 72.8 cm³/mol. The number of anilines is 1. The van der Waals surface area contributed by atoms with Crippen molar-refractivity contribution < 1.29 is 19.1 Å². The van der Waals surface area contributed by atoms with E-state index < -0.39 is 17.7 Å². The molecule has 0 aliphatic rings. The molecule has 4 nitrogen and oxygen atoms in total. The second kappa shape index (κ2) is 5.71. The van der Waals surface area contributed by atoms with Gasteiger partial charge in [-0.3, -0.25) is 4.79 Å². The first-order valence-corrected chi connectivity index (χ1v) is 5.94. The van der Waals surface area contributed by atoms with Crippen LogP contribution < -0.4 is 5.32 Å². The first kappa shape index (κ1) is 14.0. The fourth-order valence-corrected chi connectivity index (χ4v) is 1.85. The van der Waals surface area contributed by atoms with Crippen molar-refractivity contribution in [2.24, 2.45) is 0 Å². The van der Waals surface area contributed by atoms with Crippen molar-refractivity contribution in [3.8, 4) is 0 Å². The Morgan fingerprint density at radius 2 is 1.85 bits per heavy atom. The van der Waals surface area contributed by atoms with Crippen molar-refractivity contribution in [2.45, 2.75) is 0 Å². The van der Waals surface area contributed by atoms with Gasteiger partial charge in [-0.15, -0.1) is 0 Å². The number of hydrogen-bond donors (Lipinski definition) is 2. The van der Waals surface area contributed by atoms with Gasteiger partial charge in [0.25, 0.3) is 5.91 Å². The third kappa shape index (κ3) is 3.33. The molecule has 2 aromatic carbocycles. The summed E-state index contributed by atoms with van der Waals surface area (Å²) in [4.78, 5) is 22.8. The molecule has 2 aromatic rings. The minimum Gasteiger partial charge on any atom is -0.478 e. The minimum atomic E-state index is -1.16. The van der Waals surface area contributed by atoms with Crippen molar-refractivity contribution in [3.63, 3.8) is 0 Å². The molecule has 0 bridgehead atoms. The van der Waals surface area contributed by atoms with Gasteiger partial charge in [0.05, 0.1) is 5.56 Å². The third-order valence-electron chi connectivity index (χ3n) is 2.49. The number of rotatable bonds is 3. The average molecular weight is 294 g/mol. The van der Waals surface area contributed by atoms with Crippen LogP contribution >= 0.6 is 11.6 Å². The number of carboxylic acid groups (broad SMARTS) is 1. The lowest BCUT2D eigenvalue weighted by molar-refractivity contribution is 0.0696. The molecule has 0 spiro atoms. The molecule has 20 heavy (non-hydrogen) atoms. The highest BCUT2D eigenvalue weighted by atomic mass is 35.5. The molecule has 0 fully saturated rings. The Balaban J connectivity index is 2.26. The Hall–Kier alpha value is -2.40. The molecular formula is C14H9ClFNO3. The molecule has 2 rings (SSSR count). The summed E-state index contributed by atoms with van der Waals surface area (Å²) in [6, 6.07) is 9.10. The van der Waals surface area contributed by atoms with Crippen LogP contribution in [0.2, 0.25) is 5.02 Å². The standard InChI is InChI=1S/C14H9ClFNO3/c15-10-4-9(14(19)20)6-12(7-10)17-13(18)8-2-1-3-11(16)5-8/h1-7H,(H,17,18)(H,19,20). The summed E-state index contributed by atoms with van der Waals surface area (Å²) in [5.74, 6) is -2.24. The maximum Gasteiger partial charge on any atom is 0.335 e. The van der Waals surface area contributed by atoms with Crippen LogP contribution in [-0.2, 0) is 0 Å². The van der Waals surface area contributed by atoms with Crippen LogP contribution in [0.5, 0.6) is 0 Å². The molecule has 0 aromatic heterocycles. The minimum absolute atomic E-state index is 0.0490. The monoisotopic (exact) mass is 293 g/mol. The van der Waals surface area contributed by atoms with Crippen LogP contribution in [0.15, 0.2) is 42.5 Å². The van der Waals surface area contributed by atoms with Gasteiger partial charge >= 0.3 is 5.97 Å². The predicted octanol–water partition coefficient (Wildman–Crippen LogP) is 3.43. The molecule has 1 amide bonds. The number of halogens is 2. The zero-order valence-electron chi connectivity index (χ0n) is 10.1. The molecule has 6 heteroatoms. The van der Waals surface area contributed by atoms with Crippen molar-refractivity contribution in [2.75, 3.05) is 5.32 Å². The second-order valence-corrected chi connectivity index (χ2v) is 4.43. The molecule has 102 valence electrons. The Bertz CT molecular complexity index is 688. The van der Waals surface area contributed by atoms with Crippen molar-refractivity contribution in [1.29, 1.82) is 0 Å². The highest BCUT2D eigenvalue weighted by Crippen LogP contribution is 2.20. The van der Waals surface area contributed by atoms with Crippen molar-refractivity contribution in [3.05, 3.63) is 64.4 Å². The lowest BCUT2D eigenvalue weighted by Crippen LogP contribution is -2.12. The molecule has 0 radical (unpaired) electrons. The third-order valence-corrected chi connectivity index (χ3v) is 2.71. The number of benzene rings is 2. The van der Waals surface area contributed by atoms with E-state index in [1.54, 1.807) is 0 Å². The van der Waals surface area contributed by atoms with Crippen LogP contribution in [0.1, 0.15) is 20.7 Å². The highest BCUT2D eigenvalue weighted by Gasteiger charge is 2.10. The topological polar surface area (TPSA) is 66.4 Å². The Morgan fingerprint density at radius 1 is 1.10 bits per heavy atom. The number of hydrogen-bond acceptors (Lipinski definition) is 2. The molecular weight excluding hydrogens is 285 g/mol. The number of carbonyl (C=O) groups is 2. The van der Waals surface area contributed by atoms with Crippen LogP contribution in [0.25, 0.3) is 0 Å². The van der Waals surface area contributed by atoms with E-state index in [-0.39, 0.29) is 21.8 Å². The lowest BCUT2D eigenvalue weighted by Gasteiger charge is -2.07. The van der Waals surface area contributed by atoms with Crippen molar-refractivity contribution in [1.82, 2.24) is 0 Å². The summed E-state index contributed by atoms with van der Waals surface area (Å²) in [6.07, 6.45) is 0. The van der Waals surface area contributed by atoms with E-state index in [0.29, 0.717) is 0 Å². The van der Waals surface area contributed by atoms with E-state index in [1.165, 1.54) is 36.4 Å². The molecule has 0 unspecified atom stereocenters. The number of nitrogens with one attached hydrogen (secondary N) is 1. The summed E-state index contributed by atoms with van der Waals surface area (Å²) >= 11 is 5.77. The second-order valence-electron chi connectivity index (χ2n) is 4.00. The van der Waals surface area contributed by atoms with Crippen LogP contribution in [0.4, 0.5) is 10.1 Å². The van der Waals surface area contributed by atoms with Crippen LogP contribution in [0.3, 0.4) is 0 Å². The van der Waals surface area contributed by atoms with E-state index in [9.17, 15) is 14.0 Å². The van der Waals surface area contributed by atoms with Gasteiger partial charge in [-0.1, -0.05) is 17.7 Å². The average Bonchev–Trinajstić information content (AvgIpc) is 2.37. The van der Waals surface area contributed by atoms with Crippen LogP contribution in [0, 0.1) is 5.82 Å². The summed E-state index contributed by atoms with van der Waals surface area (Å²) in [5.41, 5.74) is 0.304. The highest BCUT2D eigenvalue weighted by molar-refractivity contribution is 6.31. The van der Waals surface area contributed by atoms with Gasteiger partial charge in [0.1, 0.15) is 5.82 Å². The number of amides is 1. The first-order chi connectivity index (χ1) is 9.45. The molecule has 0 aliphatic heterocycles. The maximum atomic E-state index is 13.0. The van der Waals surface area contributed by atoms with Gasteiger partial charge in [-0.05, 0) is 36.4 Å². The largest absolute Gasteiger partial charge is 0.478 e. The van der Waals surface area contributed by atoms with Gasteiger partial charge in [0.15, 0.2) is 0 Å². The molecule has 0 saturated carbocycles. The summed E-state index contributed by atoms with van der Waals surface area (Å²) in [6.45, 7) is 0. The van der Waals surface area contributed by atoms with Crippen molar-refractivity contribution >= 4 is 29.2 Å². The van der Waals surface area contributed by atoms with E-state index in [2.05, 4.69) is 5.32 Å². The van der Waals surface area contributed by atoms with E-state index in [1.807, 2.05) is 0 Å². The molecule has 0 atom stereocenters. The smallest absolute Gasteiger partial charge is 0.335 e. The number of aromatic carboxylic acids is 1. The maximum absolute atomic E-state index is 13.0. The fraction of sp³-hybridized carbons (Fsp3) is 0. The lowest BCUT2D eigenvalue weighted by atomic mass is 10.1. The molecule has 0 heterocycles. The Labute approximate surface area is 118 Å². The fourth-order valence-electron chi connectivity index (χ4n) is 1.62. The quantitative estimate of drug-likeness (QED) is 0.911. The van der Waals surface area contributed by atoms with Crippen LogP contribution in [-0.4, -0.2) is 17.0 Å². The normalized spacial score (nSPS) is 10.1. The van der Waals surface area contributed by atoms with E-state index in [0.717, 1.165) is 6.07 Å². The van der Waals surface area contributed by atoms with Gasteiger partial charge in [-0.2, -0.15) is 0 Å². The number of carbonyl (C=O) groups excluding carboxylic acids is 1. The molecule has 2 N–H and O–H groups in total. The van der Waals surface area contributed by atoms with E-state index >= 15 is 0 Å². The summed E-state index contributed by atoms with van der Waals surface area (Å²) < 4.78 is 13.0.